The van der Waals surface area contributed by atoms with Gasteiger partial charge in [-0.15, -0.1) is 11.3 Å². The van der Waals surface area contributed by atoms with Crippen molar-refractivity contribution in [2.75, 3.05) is 0 Å². The zero-order valence-corrected chi connectivity index (χ0v) is 11.6. The van der Waals surface area contributed by atoms with Gasteiger partial charge in [-0.3, -0.25) is 4.79 Å². The van der Waals surface area contributed by atoms with Crippen LogP contribution in [0.3, 0.4) is 0 Å². The molecule has 2 heterocycles. The Morgan fingerprint density at radius 2 is 2.16 bits per heavy atom. The number of amides is 1. The molecule has 1 aromatic heterocycles. The van der Waals surface area contributed by atoms with E-state index in [9.17, 15) is 9.59 Å². The molecule has 104 valence electrons. The Hall–Kier alpha value is -1.47. The average molecular weight is 284 g/mol. The Balaban J connectivity index is 1.97. The fraction of sp³-hybridized carbons (Fsp3) is 0.583. The fourth-order valence-corrected chi connectivity index (χ4v) is 2.70. The molecule has 1 saturated heterocycles. The molecule has 2 N–H and O–H groups in total. The van der Waals surface area contributed by atoms with Crippen molar-refractivity contribution in [3.8, 4) is 0 Å². The third-order valence-electron chi connectivity index (χ3n) is 2.99. The molecular weight excluding hydrogens is 268 g/mol. The summed E-state index contributed by atoms with van der Waals surface area (Å²) in [6.45, 7) is 3.71. The minimum Gasteiger partial charge on any atom is -0.479 e. The van der Waals surface area contributed by atoms with Gasteiger partial charge in [-0.25, -0.2) is 9.78 Å². The molecule has 19 heavy (non-hydrogen) atoms. The molecule has 1 aliphatic heterocycles. The number of aliphatic carboxylic acids is 1. The van der Waals surface area contributed by atoms with Crippen LogP contribution in [0.2, 0.25) is 0 Å². The summed E-state index contributed by atoms with van der Waals surface area (Å²) in [6, 6.07) is 0. The second-order valence-corrected chi connectivity index (χ2v) is 5.88. The third-order valence-corrected chi connectivity index (χ3v) is 4.09. The quantitative estimate of drug-likeness (QED) is 0.865. The lowest BCUT2D eigenvalue weighted by Gasteiger charge is -2.25. The molecule has 1 amide bonds. The first-order chi connectivity index (χ1) is 8.90. The minimum atomic E-state index is -1.02. The second-order valence-electron chi connectivity index (χ2n) is 4.98. The number of nitrogens with zero attached hydrogens (tertiary/aromatic N) is 1. The lowest BCUT2D eigenvalue weighted by atomic mass is 10.1. The maximum absolute atomic E-state index is 12.1. The van der Waals surface area contributed by atoms with E-state index in [2.05, 4.69) is 10.3 Å². The number of nitrogens with one attached hydrogen (secondary N) is 1. The number of rotatable bonds is 4. The largest absolute Gasteiger partial charge is 0.479 e. The van der Waals surface area contributed by atoms with Crippen LogP contribution in [0.15, 0.2) is 11.6 Å². The lowest BCUT2D eigenvalue weighted by Crippen LogP contribution is -2.46. The van der Waals surface area contributed by atoms with Gasteiger partial charge in [0.1, 0.15) is 11.1 Å². The van der Waals surface area contributed by atoms with Gasteiger partial charge in [0.15, 0.2) is 6.10 Å². The molecular formula is C12H16N2O4S. The van der Waals surface area contributed by atoms with Crippen LogP contribution in [0.4, 0.5) is 0 Å². The number of hydrogen-bond donors (Lipinski definition) is 2. The van der Waals surface area contributed by atoms with E-state index in [4.69, 9.17) is 9.84 Å². The summed E-state index contributed by atoms with van der Waals surface area (Å²) in [6.07, 6.45) is 0.904. The molecule has 1 aliphatic rings. The predicted octanol–water partition coefficient (Wildman–Crippen LogP) is 1.13. The molecule has 0 aliphatic carbocycles. The number of carboxylic acids is 1. The first-order valence-electron chi connectivity index (χ1n) is 6.00. The Bertz CT molecular complexity index is 472. The highest BCUT2D eigenvalue weighted by Crippen LogP contribution is 2.25. The predicted molar refractivity (Wildman–Crippen MR) is 68.8 cm³/mol. The van der Waals surface area contributed by atoms with Gasteiger partial charge in [0.25, 0.3) is 0 Å². The normalized spacial score (nSPS) is 23.3. The summed E-state index contributed by atoms with van der Waals surface area (Å²) >= 11 is 1.46. The summed E-state index contributed by atoms with van der Waals surface area (Å²) in [7, 11) is 0. The SMILES string of the molecule is CC(C)(NC(=O)C1CCC(C(=O)O)O1)c1nccs1. The van der Waals surface area contributed by atoms with E-state index in [1.807, 2.05) is 19.2 Å². The number of aromatic nitrogens is 1. The van der Waals surface area contributed by atoms with Crippen molar-refractivity contribution in [1.82, 2.24) is 10.3 Å². The minimum absolute atomic E-state index is 0.288. The average Bonchev–Trinajstić information content (AvgIpc) is 3.00. The topological polar surface area (TPSA) is 88.5 Å². The molecule has 1 aromatic rings. The number of carbonyl (C=O) groups is 2. The van der Waals surface area contributed by atoms with Crippen LogP contribution < -0.4 is 5.32 Å². The number of carboxylic acid groups (broad SMARTS) is 1. The van der Waals surface area contributed by atoms with Crippen LogP contribution >= 0.6 is 11.3 Å². The summed E-state index contributed by atoms with van der Waals surface area (Å²) in [4.78, 5) is 27.0. The Morgan fingerprint density at radius 3 is 2.68 bits per heavy atom. The van der Waals surface area contributed by atoms with Crippen LogP contribution in [0, 0.1) is 0 Å². The van der Waals surface area contributed by atoms with Crippen molar-refractivity contribution in [3.63, 3.8) is 0 Å². The van der Waals surface area contributed by atoms with Crippen LogP contribution in [0.25, 0.3) is 0 Å². The summed E-state index contributed by atoms with van der Waals surface area (Å²) in [5, 5.41) is 14.3. The third kappa shape index (κ3) is 3.10. The van der Waals surface area contributed by atoms with E-state index in [0.717, 1.165) is 5.01 Å². The maximum Gasteiger partial charge on any atom is 0.332 e. The van der Waals surface area contributed by atoms with Crippen molar-refractivity contribution < 1.29 is 19.4 Å². The van der Waals surface area contributed by atoms with Gasteiger partial charge in [0, 0.05) is 11.6 Å². The van der Waals surface area contributed by atoms with Gasteiger partial charge in [0.2, 0.25) is 5.91 Å². The van der Waals surface area contributed by atoms with Gasteiger partial charge in [0.05, 0.1) is 5.54 Å². The summed E-state index contributed by atoms with van der Waals surface area (Å²) in [5.41, 5.74) is -0.587. The van der Waals surface area contributed by atoms with E-state index in [1.165, 1.54) is 11.3 Å². The Morgan fingerprint density at radius 1 is 1.47 bits per heavy atom. The molecule has 0 saturated carbocycles. The smallest absolute Gasteiger partial charge is 0.332 e. The number of hydrogen-bond acceptors (Lipinski definition) is 5. The lowest BCUT2D eigenvalue weighted by molar-refractivity contribution is -0.152. The van der Waals surface area contributed by atoms with E-state index >= 15 is 0 Å². The van der Waals surface area contributed by atoms with Crippen LogP contribution in [-0.2, 0) is 19.9 Å². The monoisotopic (exact) mass is 284 g/mol. The van der Waals surface area contributed by atoms with Gasteiger partial charge in [-0.05, 0) is 26.7 Å². The van der Waals surface area contributed by atoms with Gasteiger partial charge in [-0.1, -0.05) is 0 Å². The fourth-order valence-electron chi connectivity index (χ4n) is 1.99. The van der Waals surface area contributed by atoms with E-state index < -0.39 is 23.7 Å². The highest BCUT2D eigenvalue weighted by Gasteiger charge is 2.37. The van der Waals surface area contributed by atoms with Crippen molar-refractivity contribution in [3.05, 3.63) is 16.6 Å². The van der Waals surface area contributed by atoms with Gasteiger partial charge < -0.3 is 15.2 Å². The van der Waals surface area contributed by atoms with E-state index in [0.29, 0.717) is 12.8 Å². The summed E-state index contributed by atoms with van der Waals surface area (Å²) in [5.74, 6) is -1.31. The maximum atomic E-state index is 12.1. The van der Waals surface area contributed by atoms with Crippen LogP contribution in [0.5, 0.6) is 0 Å². The van der Waals surface area contributed by atoms with Crippen molar-refractivity contribution >= 4 is 23.2 Å². The molecule has 1 fully saturated rings. The number of carbonyl (C=O) groups excluding carboxylic acids is 1. The molecule has 6 nitrogen and oxygen atoms in total. The summed E-state index contributed by atoms with van der Waals surface area (Å²) < 4.78 is 5.22. The highest BCUT2D eigenvalue weighted by molar-refractivity contribution is 7.09. The zero-order chi connectivity index (χ0) is 14.0. The molecule has 2 atom stereocenters. The standard InChI is InChI=1S/C12H16N2O4S/c1-12(2,11-13-5-6-19-11)14-9(15)7-3-4-8(18-7)10(16)17/h5-8H,3-4H2,1-2H3,(H,14,15)(H,16,17). The number of thiazole rings is 1. The van der Waals surface area contributed by atoms with Gasteiger partial charge >= 0.3 is 5.97 Å². The van der Waals surface area contributed by atoms with Crippen molar-refractivity contribution in [2.24, 2.45) is 0 Å². The molecule has 0 spiro atoms. The zero-order valence-electron chi connectivity index (χ0n) is 10.8. The highest BCUT2D eigenvalue weighted by atomic mass is 32.1. The second kappa shape index (κ2) is 5.26. The van der Waals surface area contributed by atoms with Gasteiger partial charge in [-0.2, -0.15) is 0 Å². The van der Waals surface area contributed by atoms with E-state index in [-0.39, 0.29) is 5.91 Å². The Kier molecular flexibility index (Phi) is 3.86. The molecule has 0 radical (unpaired) electrons. The van der Waals surface area contributed by atoms with Crippen molar-refractivity contribution in [2.45, 2.75) is 44.4 Å². The van der Waals surface area contributed by atoms with Crippen LogP contribution in [-0.4, -0.2) is 34.2 Å². The Labute approximate surface area is 114 Å². The van der Waals surface area contributed by atoms with E-state index in [1.54, 1.807) is 6.20 Å². The molecule has 0 aromatic carbocycles. The number of ether oxygens (including phenoxy) is 1. The van der Waals surface area contributed by atoms with Crippen LogP contribution in [0.1, 0.15) is 31.7 Å². The molecule has 2 rings (SSSR count). The molecule has 0 bridgehead atoms. The first-order valence-corrected chi connectivity index (χ1v) is 6.88. The molecule has 7 heteroatoms. The first kappa shape index (κ1) is 14.0. The van der Waals surface area contributed by atoms with Crippen molar-refractivity contribution in [1.29, 1.82) is 0 Å². The molecule has 2 unspecified atom stereocenters.